The molecule has 0 aliphatic carbocycles. The standard InChI is InChI=1S/C35H28N3O.C19H26GeN.Ir/c1-22-17-19-26-25-13-10-14-27(32(25)39-34(26)36-22)33-37-29-15-8-9-16-31(29)38(33)30-20-18-24(35(2,3)4)21-28(30)23-11-6-5-7-12-23;1-14(2)11-17-12-19(16-9-7-15(3)8-10-16)21-13-18(17)20(4,5)6;/h5-13,15-21H,1-4H3;7-9,12-14H,11H2,1-6H3;/q2*-1;/i;3D3,11D2;. The Labute approximate surface area is 384 Å². The summed E-state index contributed by atoms with van der Waals surface area (Å²) in [6, 6.07) is 46.8. The fraction of sp³-hybridized carbons (Fsp3) is 0.241. The van der Waals surface area contributed by atoms with Crippen LogP contribution in [0.1, 0.15) is 63.9 Å². The number of nitrogens with zero attached hydrogens (tertiary/aromatic N) is 4. The van der Waals surface area contributed by atoms with E-state index in [4.69, 9.17) is 16.3 Å². The van der Waals surface area contributed by atoms with Crippen LogP contribution in [0.4, 0.5) is 0 Å². The first-order valence-electron chi connectivity index (χ1n) is 23.1. The smallest absolute Gasteiger partial charge is 0 e. The van der Waals surface area contributed by atoms with Gasteiger partial charge in [0.2, 0.25) is 5.71 Å². The minimum atomic E-state index is -2.32. The van der Waals surface area contributed by atoms with Gasteiger partial charge < -0.3 is 8.98 Å². The van der Waals surface area contributed by atoms with Crippen LogP contribution in [0.25, 0.3) is 72.6 Å². The van der Waals surface area contributed by atoms with Gasteiger partial charge in [0.15, 0.2) is 0 Å². The first-order chi connectivity index (χ1) is 30.6. The second-order valence-electron chi connectivity index (χ2n) is 17.8. The zero-order chi connectivity index (χ0) is 46.6. The minimum absolute atomic E-state index is 0. The van der Waals surface area contributed by atoms with Gasteiger partial charge in [0.25, 0.3) is 0 Å². The van der Waals surface area contributed by atoms with E-state index in [0.717, 1.165) is 65.7 Å². The van der Waals surface area contributed by atoms with Crippen LogP contribution < -0.4 is 4.40 Å². The van der Waals surface area contributed by atoms with Crippen LogP contribution in [0, 0.1) is 31.8 Å². The summed E-state index contributed by atoms with van der Waals surface area (Å²) in [6.07, 6.45) is 0.362. The molecular formula is C54H54GeIrN4O-2. The third-order valence-electron chi connectivity index (χ3n) is 10.7. The maximum absolute atomic E-state index is 8.60. The molecule has 9 aromatic rings. The molecule has 0 unspecified atom stereocenters. The number of pyridine rings is 2. The van der Waals surface area contributed by atoms with E-state index < -0.39 is 26.5 Å². The average molecular weight is 1040 g/mol. The van der Waals surface area contributed by atoms with Gasteiger partial charge in [-0.3, -0.25) is 4.98 Å². The van der Waals surface area contributed by atoms with Gasteiger partial charge in [0.1, 0.15) is 0 Å². The summed E-state index contributed by atoms with van der Waals surface area (Å²) >= 11 is -2.32. The van der Waals surface area contributed by atoms with Gasteiger partial charge in [-0.1, -0.05) is 80.3 Å². The van der Waals surface area contributed by atoms with Crippen molar-refractivity contribution >= 4 is 50.8 Å². The van der Waals surface area contributed by atoms with Gasteiger partial charge in [-0.25, -0.2) is 4.98 Å². The zero-order valence-electron chi connectivity index (χ0n) is 41.2. The van der Waals surface area contributed by atoms with E-state index in [1.165, 1.54) is 11.6 Å². The number of benzene rings is 5. The number of furan rings is 1. The van der Waals surface area contributed by atoms with Crippen LogP contribution in [-0.2, 0) is 31.9 Å². The van der Waals surface area contributed by atoms with Crippen LogP contribution >= 0.6 is 0 Å². The van der Waals surface area contributed by atoms with E-state index in [0.29, 0.717) is 22.5 Å². The molecule has 9 rings (SSSR count). The van der Waals surface area contributed by atoms with Crippen molar-refractivity contribution in [2.75, 3.05) is 0 Å². The summed E-state index contributed by atoms with van der Waals surface area (Å²) in [5, 5.41) is 2.00. The molecule has 7 heteroatoms. The van der Waals surface area contributed by atoms with Gasteiger partial charge >= 0.3 is 139 Å². The van der Waals surface area contributed by atoms with E-state index in [2.05, 4.69) is 138 Å². The summed E-state index contributed by atoms with van der Waals surface area (Å²) in [4.78, 5) is 14.4. The second kappa shape index (κ2) is 17.7. The Hall–Kier alpha value is -5.14. The minimum Gasteiger partial charge on any atom is 0 e. The third-order valence-corrected chi connectivity index (χ3v) is 14.9. The normalized spacial score (nSPS) is 13.5. The average Bonchev–Trinajstić information content (AvgIpc) is 3.84. The first kappa shape index (κ1) is 37.6. The Morgan fingerprint density at radius 1 is 0.852 bits per heavy atom. The molecule has 0 aliphatic rings. The van der Waals surface area contributed by atoms with Crippen LogP contribution in [-0.4, -0.2) is 32.8 Å². The van der Waals surface area contributed by atoms with Gasteiger partial charge in [0, 0.05) is 42.4 Å². The van der Waals surface area contributed by atoms with Crippen LogP contribution in [0.2, 0.25) is 17.3 Å². The van der Waals surface area contributed by atoms with Crippen molar-refractivity contribution in [3.05, 3.63) is 162 Å². The topological polar surface area (TPSA) is 56.7 Å². The fourth-order valence-corrected chi connectivity index (χ4v) is 10.5. The molecule has 61 heavy (non-hydrogen) atoms. The zero-order valence-corrected chi connectivity index (χ0v) is 40.7. The van der Waals surface area contributed by atoms with Crippen molar-refractivity contribution in [3.8, 4) is 39.5 Å². The molecule has 0 aliphatic heterocycles. The molecule has 0 bridgehead atoms. The van der Waals surface area contributed by atoms with Crippen LogP contribution in [0.15, 0.2) is 132 Å². The fourth-order valence-electron chi connectivity index (χ4n) is 7.58. The molecule has 0 fully saturated rings. The molecule has 0 saturated heterocycles. The molecule has 4 aromatic heterocycles. The molecular weight excluding hydrogens is 985 g/mol. The largest absolute Gasteiger partial charge is 0 e. The van der Waals surface area contributed by atoms with Crippen molar-refractivity contribution < 1.29 is 31.4 Å². The molecule has 0 spiro atoms. The quantitative estimate of drug-likeness (QED) is 0.118. The Morgan fingerprint density at radius 2 is 1.62 bits per heavy atom. The molecule has 0 saturated carbocycles. The molecule has 0 atom stereocenters. The van der Waals surface area contributed by atoms with Gasteiger partial charge in [-0.05, 0) is 59.9 Å². The van der Waals surface area contributed by atoms with Gasteiger partial charge in [-0.15, -0.1) is 18.2 Å². The van der Waals surface area contributed by atoms with Gasteiger partial charge in [0.05, 0.1) is 22.4 Å². The maximum atomic E-state index is 8.60. The number of fused-ring (bicyclic) bond motifs is 4. The second-order valence-corrected chi connectivity index (χ2v) is 28.3. The van der Waals surface area contributed by atoms with E-state index in [9.17, 15) is 0 Å². The van der Waals surface area contributed by atoms with Crippen molar-refractivity contribution in [3.63, 3.8) is 0 Å². The summed E-state index contributed by atoms with van der Waals surface area (Å²) in [6.45, 7) is 10.3. The van der Waals surface area contributed by atoms with Gasteiger partial charge in [-0.2, -0.15) is 0 Å². The Bertz CT molecular complexity index is 3180. The number of aromatic nitrogens is 4. The third kappa shape index (κ3) is 9.23. The predicted octanol–water partition coefficient (Wildman–Crippen LogP) is 13.7. The van der Waals surface area contributed by atoms with Crippen molar-refractivity contribution in [1.29, 1.82) is 0 Å². The number of hydrogen-bond donors (Lipinski definition) is 0. The van der Waals surface area contributed by atoms with Crippen molar-refractivity contribution in [2.45, 2.75) is 77.5 Å². The van der Waals surface area contributed by atoms with E-state index >= 15 is 0 Å². The summed E-state index contributed by atoms with van der Waals surface area (Å²) in [5.74, 6) is 7.32. The Morgan fingerprint density at radius 3 is 2.33 bits per heavy atom. The monoisotopic (exact) mass is 1050 g/mol. The summed E-state index contributed by atoms with van der Waals surface area (Å²) < 4.78 is 49.3. The van der Waals surface area contributed by atoms with E-state index in [1.807, 2.05) is 57.3 Å². The molecule has 1 radical (unpaired) electrons. The SMILES string of the molecule is Cc1ccc2c(n1)oc1c(-c3nc4ccccc4n3-c3ccc(C(C)(C)C)cc3-c3ccccc3)[c-]ccc12.[2H]C([2H])([2H])c1c[c-]c(-c2cc(C([2H])([2H])C(C)C)[c]([Ge]([CH3])([CH3])[CH3])cn2)cc1.[Ir]. The van der Waals surface area contributed by atoms with Crippen molar-refractivity contribution in [1.82, 2.24) is 19.5 Å². The summed E-state index contributed by atoms with van der Waals surface area (Å²) in [5.41, 5.74) is 12.0. The Balaban J connectivity index is 0.000000211. The summed E-state index contributed by atoms with van der Waals surface area (Å²) in [7, 11) is 0. The molecule has 4 heterocycles. The van der Waals surface area contributed by atoms with Crippen LogP contribution in [0.3, 0.4) is 0 Å². The molecule has 311 valence electrons. The number of hydrogen-bond acceptors (Lipinski definition) is 4. The molecule has 5 nitrogen and oxygen atoms in total. The molecule has 0 amide bonds. The number of imidazole rings is 1. The van der Waals surface area contributed by atoms with Crippen LogP contribution in [0.5, 0.6) is 0 Å². The number of rotatable bonds is 7. The molecule has 0 N–H and O–H groups in total. The van der Waals surface area contributed by atoms with E-state index in [-0.39, 0.29) is 37.0 Å². The predicted molar refractivity (Wildman–Crippen MR) is 254 cm³/mol. The van der Waals surface area contributed by atoms with Crippen molar-refractivity contribution in [2.24, 2.45) is 5.92 Å². The Kier molecular flexibility index (Phi) is 10.9. The molecule has 5 aromatic carbocycles. The number of para-hydroxylation sites is 2. The number of aryl methyl sites for hydroxylation is 2. The maximum Gasteiger partial charge on any atom is 0 e. The first-order valence-corrected chi connectivity index (χ1v) is 27.9. The van der Waals surface area contributed by atoms with E-state index in [1.54, 1.807) is 12.1 Å².